The molecule has 0 aliphatic heterocycles. The minimum absolute atomic E-state index is 0.0791. The van der Waals surface area contributed by atoms with Gasteiger partial charge in [-0.2, -0.15) is 0 Å². The highest BCUT2D eigenvalue weighted by Gasteiger charge is 2.15. The number of thioether (sulfide) groups is 1. The van der Waals surface area contributed by atoms with Crippen molar-refractivity contribution in [3.8, 4) is 0 Å². The summed E-state index contributed by atoms with van der Waals surface area (Å²) in [6.45, 7) is 2.97. The summed E-state index contributed by atoms with van der Waals surface area (Å²) in [6.07, 6.45) is 2.08. The number of halogens is 1. The van der Waals surface area contributed by atoms with Crippen LogP contribution in [0.15, 0.2) is 52.3 Å². The fraction of sp³-hybridized carbons (Fsp3) is 0.278. The zero-order chi connectivity index (χ0) is 18.7. The van der Waals surface area contributed by atoms with Gasteiger partial charge in [0.1, 0.15) is 5.82 Å². The van der Waals surface area contributed by atoms with Gasteiger partial charge in [0.05, 0.1) is 26.7 Å². The summed E-state index contributed by atoms with van der Waals surface area (Å²) in [5.74, 6) is 1.54. The third kappa shape index (κ3) is 4.23. The van der Waals surface area contributed by atoms with E-state index in [1.165, 1.54) is 12.1 Å². The molecule has 0 saturated heterocycles. The number of nitrogens with two attached hydrogens (primary N) is 1. The summed E-state index contributed by atoms with van der Waals surface area (Å²) in [7, 11) is -3.75. The zero-order valence-corrected chi connectivity index (χ0v) is 16.7. The number of aromatic nitrogens is 2. The maximum atomic E-state index is 11.6. The molecule has 0 saturated carbocycles. The number of unbranched alkanes of at least 4 members (excludes halogenated alkanes) is 1. The van der Waals surface area contributed by atoms with Crippen LogP contribution >= 0.6 is 23.4 Å². The molecule has 2 aromatic carbocycles. The van der Waals surface area contributed by atoms with Gasteiger partial charge in [-0.05, 0) is 36.8 Å². The molecule has 0 unspecified atom stereocenters. The number of rotatable bonds is 7. The number of benzene rings is 2. The number of imidazole rings is 1. The number of hydrogen-bond acceptors (Lipinski definition) is 4. The first-order valence-electron chi connectivity index (χ1n) is 8.29. The van der Waals surface area contributed by atoms with E-state index in [2.05, 4.69) is 16.5 Å². The zero-order valence-electron chi connectivity index (χ0n) is 14.4. The number of aryl methyl sites for hydroxylation is 1. The topological polar surface area (TPSA) is 78.0 Å². The molecule has 0 radical (unpaired) electrons. The van der Waals surface area contributed by atoms with E-state index in [-0.39, 0.29) is 4.90 Å². The van der Waals surface area contributed by atoms with E-state index in [1.54, 1.807) is 17.8 Å². The minimum Gasteiger partial charge on any atom is -0.327 e. The summed E-state index contributed by atoms with van der Waals surface area (Å²) in [5, 5.41) is 5.96. The van der Waals surface area contributed by atoms with Crippen LogP contribution < -0.4 is 5.14 Å². The molecule has 3 rings (SSSR count). The third-order valence-electron chi connectivity index (χ3n) is 4.06. The largest absolute Gasteiger partial charge is 0.327 e. The Bertz CT molecular complexity index is 1030. The first-order chi connectivity index (χ1) is 12.4. The van der Waals surface area contributed by atoms with Gasteiger partial charge in [0.15, 0.2) is 0 Å². The van der Waals surface area contributed by atoms with Gasteiger partial charge in [-0.15, -0.1) is 11.8 Å². The average Bonchev–Trinajstić information content (AvgIpc) is 2.95. The quantitative estimate of drug-likeness (QED) is 0.585. The predicted octanol–water partition coefficient (Wildman–Crippen LogP) is 4.43. The van der Waals surface area contributed by atoms with Gasteiger partial charge in [-0.1, -0.05) is 37.1 Å². The van der Waals surface area contributed by atoms with Gasteiger partial charge in [-0.3, -0.25) is 0 Å². The van der Waals surface area contributed by atoms with E-state index in [9.17, 15) is 8.42 Å². The summed E-state index contributed by atoms with van der Waals surface area (Å²) >= 11 is 7.85. The van der Waals surface area contributed by atoms with Crippen molar-refractivity contribution in [3.05, 3.63) is 53.3 Å². The molecule has 138 valence electrons. The van der Waals surface area contributed by atoms with Gasteiger partial charge in [0.2, 0.25) is 10.0 Å². The van der Waals surface area contributed by atoms with E-state index in [0.29, 0.717) is 16.3 Å². The number of sulfonamides is 1. The molecule has 5 nitrogen and oxygen atoms in total. The molecule has 0 aliphatic carbocycles. The SMILES string of the molecule is CCCCn1c(CSc2ccccc2Cl)nc2cc(S(N)(=O)=O)ccc21. The van der Waals surface area contributed by atoms with Crippen LogP contribution in [0.25, 0.3) is 11.0 Å². The van der Waals surface area contributed by atoms with Gasteiger partial charge < -0.3 is 4.57 Å². The van der Waals surface area contributed by atoms with Crippen LogP contribution in [0.5, 0.6) is 0 Å². The predicted molar refractivity (Wildman–Crippen MR) is 107 cm³/mol. The molecule has 3 aromatic rings. The lowest BCUT2D eigenvalue weighted by Crippen LogP contribution is -2.11. The standard InChI is InChI=1S/C18H20ClN3O2S2/c1-2-3-10-22-16-9-8-13(26(20,23)24)11-15(16)21-18(22)12-25-17-7-5-4-6-14(17)19/h4-9,11H,2-3,10,12H2,1H3,(H2,20,23,24). The number of nitrogens with zero attached hydrogens (tertiary/aromatic N) is 2. The van der Waals surface area contributed by atoms with E-state index in [1.807, 2.05) is 24.3 Å². The van der Waals surface area contributed by atoms with Crippen molar-refractivity contribution in [1.29, 1.82) is 0 Å². The number of fused-ring (bicyclic) bond motifs is 1. The Morgan fingerprint density at radius 3 is 2.69 bits per heavy atom. The van der Waals surface area contributed by atoms with Crippen LogP contribution in [0.1, 0.15) is 25.6 Å². The maximum absolute atomic E-state index is 11.6. The Kier molecular flexibility index (Phi) is 5.92. The molecule has 0 amide bonds. The van der Waals surface area contributed by atoms with Crippen molar-refractivity contribution in [2.75, 3.05) is 0 Å². The summed E-state index contributed by atoms with van der Waals surface area (Å²) in [4.78, 5) is 5.74. The molecule has 0 fully saturated rings. The Labute approximate surface area is 162 Å². The molecule has 8 heteroatoms. The lowest BCUT2D eigenvalue weighted by atomic mass is 10.3. The van der Waals surface area contributed by atoms with Crippen LogP contribution in [-0.2, 0) is 22.3 Å². The Balaban J connectivity index is 1.98. The fourth-order valence-electron chi connectivity index (χ4n) is 2.72. The molecule has 2 N–H and O–H groups in total. The Morgan fingerprint density at radius 2 is 2.00 bits per heavy atom. The average molecular weight is 410 g/mol. The minimum atomic E-state index is -3.75. The van der Waals surface area contributed by atoms with Gasteiger partial charge in [-0.25, -0.2) is 18.5 Å². The van der Waals surface area contributed by atoms with Crippen molar-refractivity contribution in [2.45, 2.75) is 41.9 Å². The summed E-state index contributed by atoms with van der Waals surface area (Å²) in [6, 6.07) is 12.5. The molecule has 26 heavy (non-hydrogen) atoms. The molecule has 0 aliphatic rings. The third-order valence-corrected chi connectivity index (χ3v) is 6.48. The fourth-order valence-corrected chi connectivity index (χ4v) is 4.44. The number of primary sulfonamides is 1. The highest BCUT2D eigenvalue weighted by Crippen LogP contribution is 2.30. The molecule has 1 heterocycles. The molecule has 0 atom stereocenters. The lowest BCUT2D eigenvalue weighted by Gasteiger charge is -2.09. The smallest absolute Gasteiger partial charge is 0.238 e. The van der Waals surface area contributed by atoms with Crippen molar-refractivity contribution in [3.63, 3.8) is 0 Å². The highest BCUT2D eigenvalue weighted by atomic mass is 35.5. The lowest BCUT2D eigenvalue weighted by molar-refractivity contribution is 0.598. The van der Waals surface area contributed by atoms with Crippen molar-refractivity contribution < 1.29 is 8.42 Å². The monoisotopic (exact) mass is 409 g/mol. The van der Waals surface area contributed by atoms with E-state index in [4.69, 9.17) is 16.7 Å². The van der Waals surface area contributed by atoms with E-state index >= 15 is 0 Å². The second-order valence-electron chi connectivity index (χ2n) is 5.95. The first-order valence-corrected chi connectivity index (χ1v) is 11.2. The van der Waals surface area contributed by atoms with E-state index in [0.717, 1.165) is 35.6 Å². The van der Waals surface area contributed by atoms with E-state index < -0.39 is 10.0 Å². The summed E-state index contributed by atoms with van der Waals surface area (Å²) < 4.78 is 25.4. The summed E-state index contributed by atoms with van der Waals surface area (Å²) in [5.41, 5.74) is 1.56. The Morgan fingerprint density at radius 1 is 1.23 bits per heavy atom. The highest BCUT2D eigenvalue weighted by molar-refractivity contribution is 7.98. The number of hydrogen-bond donors (Lipinski definition) is 1. The second kappa shape index (κ2) is 8.00. The van der Waals surface area contributed by atoms with Crippen molar-refractivity contribution in [1.82, 2.24) is 9.55 Å². The molecule has 0 bridgehead atoms. The maximum Gasteiger partial charge on any atom is 0.238 e. The van der Waals surface area contributed by atoms with Gasteiger partial charge in [0, 0.05) is 11.4 Å². The van der Waals surface area contributed by atoms with Crippen LogP contribution in [0.4, 0.5) is 0 Å². The van der Waals surface area contributed by atoms with Crippen LogP contribution in [0, 0.1) is 0 Å². The molecule has 1 aromatic heterocycles. The van der Waals surface area contributed by atoms with Crippen molar-refractivity contribution in [2.24, 2.45) is 5.14 Å². The van der Waals surface area contributed by atoms with Crippen LogP contribution in [0.3, 0.4) is 0 Å². The molecular weight excluding hydrogens is 390 g/mol. The van der Waals surface area contributed by atoms with Gasteiger partial charge in [0.25, 0.3) is 0 Å². The van der Waals surface area contributed by atoms with Gasteiger partial charge >= 0.3 is 0 Å². The Hall–Kier alpha value is -1.54. The van der Waals surface area contributed by atoms with Crippen LogP contribution in [-0.4, -0.2) is 18.0 Å². The molecule has 0 spiro atoms. The second-order valence-corrected chi connectivity index (χ2v) is 8.93. The van der Waals surface area contributed by atoms with Crippen molar-refractivity contribution >= 4 is 44.4 Å². The normalized spacial score (nSPS) is 12.0. The molecular formula is C18H20ClN3O2S2. The first kappa shape index (κ1) is 19.2. The van der Waals surface area contributed by atoms with Crippen LogP contribution in [0.2, 0.25) is 5.02 Å².